The molecule has 24 heteroatoms. The minimum absolute atomic E-state index is 0.0530. The number of rotatable bonds is 5. The van der Waals surface area contributed by atoms with Crippen molar-refractivity contribution in [3.05, 3.63) is 153 Å². The normalized spacial score (nSPS) is 23.1. The second-order valence-electron chi connectivity index (χ2n) is 22.8. The van der Waals surface area contributed by atoms with Crippen LogP contribution in [0.4, 0.5) is 49.9 Å². The highest BCUT2D eigenvalue weighted by atomic mass is 35.5. The Morgan fingerprint density at radius 1 is 0.602 bits per heavy atom. The molecule has 0 radical (unpaired) electrons. The number of hydrogen-bond donors (Lipinski definition) is 5. The maximum Gasteiger partial charge on any atom is 0.412 e. The highest BCUT2D eigenvalue weighted by Crippen LogP contribution is 2.48. The number of ether oxygens (including phenoxy) is 3. The van der Waals surface area contributed by atoms with Crippen molar-refractivity contribution in [2.75, 3.05) is 54.1 Å². The minimum Gasteiger partial charge on any atom is -0.480 e. The first kappa shape index (κ1) is 61.2. The number of nitrogens with one attached hydrogen (secondary N) is 4. The van der Waals surface area contributed by atoms with Gasteiger partial charge in [0, 0.05) is 48.0 Å². The quantitative estimate of drug-likeness (QED) is 0.0614. The van der Waals surface area contributed by atoms with Gasteiger partial charge >= 0.3 is 24.1 Å². The maximum atomic E-state index is 15.5. The van der Waals surface area contributed by atoms with Crippen molar-refractivity contribution in [3.63, 3.8) is 0 Å². The number of aliphatic carboxylic acids is 1. The van der Waals surface area contributed by atoms with Gasteiger partial charge in [0.1, 0.15) is 23.7 Å². The van der Waals surface area contributed by atoms with Crippen LogP contribution in [0.5, 0.6) is 0 Å². The lowest BCUT2D eigenvalue weighted by atomic mass is 9.82. The summed E-state index contributed by atoms with van der Waals surface area (Å²) in [6.45, 7) is 2.57. The Labute approximate surface area is 513 Å². The lowest BCUT2D eigenvalue weighted by Crippen LogP contribution is -2.54. The topological polar surface area (TPSA) is 231 Å². The Balaban J connectivity index is 0.000000182. The van der Waals surface area contributed by atoms with Gasteiger partial charge in [-0.3, -0.25) is 30.2 Å². The Hall–Kier alpha value is -8.50. The summed E-state index contributed by atoms with van der Waals surface area (Å²) < 4.78 is 76.6. The van der Waals surface area contributed by atoms with Gasteiger partial charge in [0.15, 0.2) is 22.8 Å². The fourth-order valence-electron chi connectivity index (χ4n) is 13.1. The molecule has 0 saturated carbocycles. The number of hydrogen-bond acceptors (Lipinski definition) is 13. The Morgan fingerprint density at radius 2 is 1.03 bits per heavy atom. The van der Waals surface area contributed by atoms with Crippen molar-refractivity contribution in [3.8, 4) is 22.3 Å². The van der Waals surface area contributed by atoms with Gasteiger partial charge < -0.3 is 39.8 Å². The van der Waals surface area contributed by atoms with Gasteiger partial charge in [-0.1, -0.05) is 48.9 Å². The number of esters is 1. The van der Waals surface area contributed by atoms with Crippen molar-refractivity contribution in [2.24, 2.45) is 0 Å². The van der Waals surface area contributed by atoms with Crippen molar-refractivity contribution in [1.29, 1.82) is 0 Å². The van der Waals surface area contributed by atoms with Gasteiger partial charge in [0.2, 0.25) is 11.8 Å². The molecule has 2 spiro atoms. The van der Waals surface area contributed by atoms with Gasteiger partial charge in [-0.05, 0) is 154 Å². The summed E-state index contributed by atoms with van der Waals surface area (Å²) in [6.07, 6.45) is 6.95. The zero-order chi connectivity index (χ0) is 62.0. The number of benzene rings is 4. The van der Waals surface area contributed by atoms with E-state index in [0.717, 1.165) is 0 Å². The molecule has 0 aliphatic carbocycles. The second kappa shape index (κ2) is 25.7. The SMILES string of the molecule is CCOC(=O)C1CCCCC(C(=O)N2CCC[C@@]3(C2)OC(=O)Nc2ccc(Cl)c(F)c23)c2cc(ccn2)-c2cc(F)ccc2N1.O=C1Nc2ccc(Cl)c(F)c2[C@@]2(CCCN(C(=O)C3CCCCC(C(=O)O)Nc4ccc(F)cc4-c4ccnc3c4)C2)O1. The van der Waals surface area contributed by atoms with E-state index in [1.165, 1.54) is 54.6 Å². The number of piperidine rings is 2. The fourth-order valence-corrected chi connectivity index (χ4v) is 13.4. The largest absolute Gasteiger partial charge is 0.480 e. The number of carbonyl (C=O) groups is 6. The van der Waals surface area contributed by atoms with E-state index in [1.54, 1.807) is 59.4 Å². The Morgan fingerprint density at radius 3 is 1.49 bits per heavy atom. The summed E-state index contributed by atoms with van der Waals surface area (Å²) in [6, 6.07) is 19.5. The number of likely N-dealkylation sites (tertiary alicyclic amines) is 2. The number of carboxylic acids is 1. The molecule has 8 heterocycles. The van der Waals surface area contributed by atoms with Crippen molar-refractivity contribution >= 4 is 81.9 Å². The first-order valence-electron chi connectivity index (χ1n) is 29.3. The zero-order valence-electron chi connectivity index (χ0n) is 47.7. The Kier molecular flexibility index (Phi) is 17.8. The van der Waals surface area contributed by atoms with Crippen LogP contribution in [0.15, 0.2) is 97.3 Å². The van der Waals surface area contributed by atoms with E-state index in [4.69, 9.17) is 37.4 Å². The van der Waals surface area contributed by atoms with Crippen LogP contribution in [0.25, 0.3) is 22.3 Å². The van der Waals surface area contributed by atoms with Gasteiger partial charge in [-0.25, -0.2) is 36.7 Å². The van der Waals surface area contributed by atoms with Crippen LogP contribution in [0.2, 0.25) is 10.0 Å². The summed E-state index contributed by atoms with van der Waals surface area (Å²) >= 11 is 12.2. The third-order valence-electron chi connectivity index (χ3n) is 17.1. The van der Waals surface area contributed by atoms with Crippen LogP contribution < -0.4 is 21.3 Å². The fraction of sp³-hybridized carbons (Fsp3) is 0.375. The molecule has 2 aromatic heterocycles. The third kappa shape index (κ3) is 12.5. The molecule has 460 valence electrons. The molecular formula is C64H62Cl2F4N8O10. The molecule has 4 bridgehead atoms. The van der Waals surface area contributed by atoms with E-state index >= 15 is 8.78 Å². The van der Waals surface area contributed by atoms with Crippen LogP contribution >= 0.6 is 23.2 Å². The highest BCUT2D eigenvalue weighted by Gasteiger charge is 2.51. The van der Waals surface area contributed by atoms with E-state index in [1.807, 2.05) is 0 Å². The summed E-state index contributed by atoms with van der Waals surface area (Å²) in [4.78, 5) is 90.9. The molecule has 6 aliphatic rings. The molecule has 6 aliphatic heterocycles. The molecule has 4 amide bonds. The molecule has 12 rings (SSSR count). The zero-order valence-corrected chi connectivity index (χ0v) is 49.3. The van der Waals surface area contributed by atoms with Crippen molar-refractivity contribution in [1.82, 2.24) is 19.8 Å². The van der Waals surface area contributed by atoms with Crippen LogP contribution in [0.1, 0.15) is 118 Å². The van der Waals surface area contributed by atoms with E-state index in [0.29, 0.717) is 135 Å². The third-order valence-corrected chi connectivity index (χ3v) is 17.7. The van der Waals surface area contributed by atoms with Crippen LogP contribution in [0.3, 0.4) is 0 Å². The number of pyridine rings is 2. The molecule has 4 aromatic carbocycles. The lowest BCUT2D eigenvalue weighted by Gasteiger charge is -2.45. The maximum absolute atomic E-state index is 15.5. The van der Waals surface area contributed by atoms with Crippen LogP contribution in [0, 0.1) is 23.3 Å². The van der Waals surface area contributed by atoms with Gasteiger partial charge in [-0.15, -0.1) is 0 Å². The molecule has 5 N–H and O–H groups in total. The standard InChI is InChI=1S/C33H33ClF2N4O5.C31H29ClF2N4O5/c1-2-44-31(42)26-7-4-3-6-21(27-16-19(12-14-37-27)22-17-20(35)8-10-24(22)38-26)30(41)40-15-5-13-33(18-40)28-25(39-32(43)45-33)11-9-23(34)29(28)36;32-21-7-9-23-26(27(21)34)31(43-30(42)37-23)11-3-13-38(16-31)28(39)19-4-1-2-5-24(29(40)41)36-22-8-6-18(33)15-20(22)17-10-12-35-25(19)14-17/h8-12,14,16-17,21,26,38H,2-7,13,15,18H2,1H3,(H,39,43);6-10,12,14-15,19,24,36H,1-5,11,13,16H2,(H,37,42)(H,40,41)/t21?,26?,33-;19?,24?,31-/m00/s1. The number of carboxylic acid groups (broad SMARTS) is 1. The number of carbonyl (C=O) groups excluding carboxylic acids is 5. The minimum atomic E-state index is -1.42. The number of anilines is 4. The number of amides is 4. The molecular weight excluding hydrogens is 1190 g/mol. The predicted octanol–water partition coefficient (Wildman–Crippen LogP) is 13.0. The number of nitrogens with zero attached hydrogens (tertiary/aromatic N) is 4. The van der Waals surface area contributed by atoms with Gasteiger partial charge in [0.25, 0.3) is 0 Å². The van der Waals surface area contributed by atoms with Gasteiger partial charge in [-0.2, -0.15) is 0 Å². The summed E-state index contributed by atoms with van der Waals surface area (Å²) in [5.41, 5.74) is 2.08. The molecule has 4 unspecified atom stereocenters. The second-order valence-corrected chi connectivity index (χ2v) is 23.6. The van der Waals surface area contributed by atoms with E-state index in [-0.39, 0.29) is 64.1 Å². The predicted molar refractivity (Wildman–Crippen MR) is 319 cm³/mol. The summed E-state index contributed by atoms with van der Waals surface area (Å²) in [5, 5.41) is 21.0. The molecule has 2 fully saturated rings. The van der Waals surface area contributed by atoms with E-state index in [9.17, 15) is 42.7 Å². The van der Waals surface area contributed by atoms with Crippen LogP contribution in [-0.4, -0.2) is 106 Å². The smallest absolute Gasteiger partial charge is 0.412 e. The highest BCUT2D eigenvalue weighted by molar-refractivity contribution is 6.31. The number of fused-ring (bicyclic) bond motifs is 12. The lowest BCUT2D eigenvalue weighted by molar-refractivity contribution is -0.144. The van der Waals surface area contributed by atoms with E-state index in [2.05, 4.69) is 31.2 Å². The Bertz CT molecular complexity index is 3750. The van der Waals surface area contributed by atoms with Gasteiger partial charge in [0.05, 0.1) is 75.5 Å². The molecule has 6 atom stereocenters. The van der Waals surface area contributed by atoms with E-state index < -0.39 is 82.5 Å². The first-order chi connectivity index (χ1) is 42.3. The van der Waals surface area contributed by atoms with Crippen LogP contribution in [-0.2, 0) is 44.6 Å². The van der Waals surface area contributed by atoms with Crippen molar-refractivity contribution in [2.45, 2.75) is 119 Å². The average molecular weight is 1250 g/mol. The summed E-state index contributed by atoms with van der Waals surface area (Å²) in [5.74, 6) is -5.71. The summed E-state index contributed by atoms with van der Waals surface area (Å²) in [7, 11) is 0. The first-order valence-corrected chi connectivity index (χ1v) is 30.1. The molecule has 2 saturated heterocycles. The number of halogens is 6. The molecule has 6 aromatic rings. The van der Waals surface area contributed by atoms with Crippen molar-refractivity contribution < 1.29 is 65.6 Å². The monoisotopic (exact) mass is 1250 g/mol. The molecule has 18 nitrogen and oxygen atoms in total. The number of aromatic nitrogens is 2. The molecule has 88 heavy (non-hydrogen) atoms. The average Bonchev–Trinajstić information content (AvgIpc) is 0.997.